The molecule has 0 aromatic carbocycles. The van der Waals surface area contributed by atoms with Crippen LogP contribution in [0, 0.1) is 5.92 Å². The predicted octanol–water partition coefficient (Wildman–Crippen LogP) is 2.08. The molecule has 20 heavy (non-hydrogen) atoms. The van der Waals surface area contributed by atoms with Gasteiger partial charge < -0.3 is 19.5 Å². The van der Waals surface area contributed by atoms with E-state index in [1.54, 1.807) is 12.4 Å². The van der Waals surface area contributed by atoms with E-state index >= 15 is 0 Å². The molecule has 1 fully saturated rings. The summed E-state index contributed by atoms with van der Waals surface area (Å²) in [7, 11) is 0. The Balaban J connectivity index is 1.79. The third kappa shape index (κ3) is 4.61. The van der Waals surface area contributed by atoms with Gasteiger partial charge in [-0.05, 0) is 12.8 Å². The summed E-state index contributed by atoms with van der Waals surface area (Å²) in [5.74, 6) is 1.23. The molecule has 0 saturated carbocycles. The molecule has 0 amide bonds. The van der Waals surface area contributed by atoms with Crippen LogP contribution in [-0.4, -0.2) is 42.1 Å². The third-order valence-corrected chi connectivity index (χ3v) is 2.96. The lowest BCUT2D eigenvalue weighted by Gasteiger charge is -2.22. The summed E-state index contributed by atoms with van der Waals surface area (Å²) in [5, 5.41) is 3.21. The number of hydrogen-bond acceptors (Lipinski definition) is 6. The van der Waals surface area contributed by atoms with Gasteiger partial charge in [0.1, 0.15) is 5.82 Å². The molecule has 0 bridgehead atoms. The summed E-state index contributed by atoms with van der Waals surface area (Å²) in [6.45, 7) is 8.81. The van der Waals surface area contributed by atoms with Crippen molar-refractivity contribution in [2.24, 2.45) is 5.92 Å². The largest absolute Gasteiger partial charge is 0.476 e. The highest BCUT2D eigenvalue weighted by Crippen LogP contribution is 2.22. The second-order valence-electron chi connectivity index (χ2n) is 5.45. The molecule has 1 aromatic rings. The highest BCUT2D eigenvalue weighted by Gasteiger charge is 2.30. The molecule has 0 radical (unpaired) electrons. The van der Waals surface area contributed by atoms with Crippen LogP contribution >= 0.6 is 0 Å². The minimum atomic E-state index is -0.480. The van der Waals surface area contributed by atoms with Crippen LogP contribution in [0.4, 0.5) is 5.82 Å². The maximum Gasteiger partial charge on any atom is 0.234 e. The average molecular weight is 281 g/mol. The Labute approximate surface area is 119 Å². The average Bonchev–Trinajstić information content (AvgIpc) is 2.84. The zero-order valence-corrected chi connectivity index (χ0v) is 12.4. The van der Waals surface area contributed by atoms with Gasteiger partial charge in [-0.1, -0.05) is 13.8 Å². The highest BCUT2D eigenvalue weighted by atomic mass is 16.7. The molecule has 1 saturated heterocycles. The number of aromatic nitrogens is 2. The maximum atomic E-state index is 5.54. The van der Waals surface area contributed by atoms with Crippen molar-refractivity contribution in [1.82, 2.24) is 9.97 Å². The summed E-state index contributed by atoms with van der Waals surface area (Å²) in [5.41, 5.74) is 0. The zero-order chi connectivity index (χ0) is 14.4. The number of nitrogens with zero attached hydrogens (tertiary/aromatic N) is 2. The summed E-state index contributed by atoms with van der Waals surface area (Å²) in [6.07, 6.45) is 4.06. The van der Waals surface area contributed by atoms with Crippen LogP contribution < -0.4 is 10.1 Å². The van der Waals surface area contributed by atoms with Crippen molar-refractivity contribution in [2.45, 2.75) is 33.0 Å². The van der Waals surface area contributed by atoms with Gasteiger partial charge in [-0.3, -0.25) is 4.98 Å². The normalized spacial score (nSPS) is 17.4. The molecule has 1 N–H and O–H groups in total. The molecule has 0 aliphatic carbocycles. The third-order valence-electron chi connectivity index (χ3n) is 2.96. The molecular weight excluding hydrogens is 258 g/mol. The first-order chi connectivity index (χ1) is 9.57. The Bertz CT molecular complexity index is 420. The number of ether oxygens (including phenoxy) is 3. The molecule has 1 aliphatic rings. The maximum absolute atomic E-state index is 5.54. The van der Waals surface area contributed by atoms with Crippen LogP contribution in [0.1, 0.15) is 27.2 Å². The van der Waals surface area contributed by atoms with Crippen molar-refractivity contribution in [1.29, 1.82) is 0 Å². The van der Waals surface area contributed by atoms with Gasteiger partial charge in [0, 0.05) is 13.0 Å². The summed E-state index contributed by atoms with van der Waals surface area (Å²) < 4.78 is 16.6. The van der Waals surface area contributed by atoms with E-state index in [0.29, 0.717) is 44.0 Å². The lowest BCUT2D eigenvalue weighted by Crippen LogP contribution is -2.28. The van der Waals surface area contributed by atoms with E-state index in [9.17, 15) is 0 Å². The van der Waals surface area contributed by atoms with E-state index in [2.05, 4.69) is 29.1 Å². The van der Waals surface area contributed by atoms with Gasteiger partial charge in [0.2, 0.25) is 5.88 Å². The fourth-order valence-corrected chi connectivity index (χ4v) is 1.87. The van der Waals surface area contributed by atoms with Gasteiger partial charge in [0.25, 0.3) is 0 Å². The van der Waals surface area contributed by atoms with Gasteiger partial charge in [0.15, 0.2) is 5.79 Å². The minimum absolute atomic E-state index is 0.463. The first-order valence-electron chi connectivity index (χ1n) is 7.04. The number of hydrogen-bond donors (Lipinski definition) is 1. The van der Waals surface area contributed by atoms with Gasteiger partial charge >= 0.3 is 0 Å². The number of nitrogens with one attached hydrogen (secondary N) is 1. The molecule has 0 spiro atoms. The van der Waals surface area contributed by atoms with E-state index in [4.69, 9.17) is 14.2 Å². The molecule has 0 atom stereocenters. The van der Waals surface area contributed by atoms with E-state index in [0.717, 1.165) is 6.42 Å². The second-order valence-corrected chi connectivity index (χ2v) is 5.45. The van der Waals surface area contributed by atoms with E-state index in [1.807, 2.05) is 6.92 Å². The Morgan fingerprint density at radius 2 is 2.10 bits per heavy atom. The van der Waals surface area contributed by atoms with Crippen LogP contribution in [-0.2, 0) is 9.47 Å². The summed E-state index contributed by atoms with van der Waals surface area (Å²) in [6, 6.07) is 0. The second kappa shape index (κ2) is 6.85. The topological polar surface area (TPSA) is 65.5 Å². The van der Waals surface area contributed by atoms with Crippen molar-refractivity contribution in [3.8, 4) is 5.88 Å². The van der Waals surface area contributed by atoms with Crippen LogP contribution in [0.3, 0.4) is 0 Å². The molecule has 112 valence electrons. The Hall–Kier alpha value is -1.40. The van der Waals surface area contributed by atoms with Crippen LogP contribution in [0.5, 0.6) is 5.88 Å². The standard InChI is InChI=1S/C14H23N3O3/c1-11(2)10-18-13-9-15-8-12(17-13)16-5-4-14(3)19-6-7-20-14/h8-9,11H,4-7,10H2,1-3H3,(H,16,17). The van der Waals surface area contributed by atoms with Crippen molar-refractivity contribution in [3.05, 3.63) is 12.4 Å². The fraction of sp³-hybridized carbons (Fsp3) is 0.714. The van der Waals surface area contributed by atoms with Crippen molar-refractivity contribution in [2.75, 3.05) is 31.7 Å². The quantitative estimate of drug-likeness (QED) is 0.825. The molecule has 1 aliphatic heterocycles. The Morgan fingerprint density at radius 3 is 2.80 bits per heavy atom. The van der Waals surface area contributed by atoms with Crippen LogP contribution in [0.2, 0.25) is 0 Å². The molecule has 6 nitrogen and oxygen atoms in total. The first-order valence-corrected chi connectivity index (χ1v) is 7.04. The minimum Gasteiger partial charge on any atom is -0.476 e. The van der Waals surface area contributed by atoms with Gasteiger partial charge in [-0.15, -0.1) is 0 Å². The predicted molar refractivity (Wildman–Crippen MR) is 75.8 cm³/mol. The van der Waals surface area contributed by atoms with Crippen LogP contribution in [0.15, 0.2) is 12.4 Å². The Kier molecular flexibility index (Phi) is 5.14. The molecule has 6 heteroatoms. The molecule has 2 rings (SSSR count). The molecular formula is C14H23N3O3. The molecule has 2 heterocycles. The van der Waals surface area contributed by atoms with E-state index < -0.39 is 5.79 Å². The zero-order valence-electron chi connectivity index (χ0n) is 12.4. The fourth-order valence-electron chi connectivity index (χ4n) is 1.87. The van der Waals surface area contributed by atoms with E-state index in [-0.39, 0.29) is 0 Å². The molecule has 0 unspecified atom stereocenters. The lowest BCUT2D eigenvalue weighted by molar-refractivity contribution is -0.144. The lowest BCUT2D eigenvalue weighted by atomic mass is 10.2. The van der Waals surface area contributed by atoms with Gasteiger partial charge in [0.05, 0.1) is 32.2 Å². The van der Waals surface area contributed by atoms with Crippen molar-refractivity contribution < 1.29 is 14.2 Å². The SMILES string of the molecule is CC(C)COc1cncc(NCCC2(C)OCCO2)n1. The van der Waals surface area contributed by atoms with Crippen molar-refractivity contribution in [3.63, 3.8) is 0 Å². The monoisotopic (exact) mass is 281 g/mol. The summed E-state index contributed by atoms with van der Waals surface area (Å²) in [4.78, 5) is 8.47. The highest BCUT2D eigenvalue weighted by molar-refractivity contribution is 5.33. The van der Waals surface area contributed by atoms with Gasteiger partial charge in [-0.2, -0.15) is 4.98 Å². The number of anilines is 1. The Morgan fingerprint density at radius 1 is 1.35 bits per heavy atom. The smallest absolute Gasteiger partial charge is 0.234 e. The number of rotatable bonds is 7. The van der Waals surface area contributed by atoms with Gasteiger partial charge in [-0.25, -0.2) is 0 Å². The summed E-state index contributed by atoms with van der Waals surface area (Å²) >= 11 is 0. The van der Waals surface area contributed by atoms with Crippen LogP contribution in [0.25, 0.3) is 0 Å². The van der Waals surface area contributed by atoms with E-state index in [1.165, 1.54) is 0 Å². The van der Waals surface area contributed by atoms with Crippen molar-refractivity contribution >= 4 is 5.82 Å². The first kappa shape index (κ1) is 15.0. The molecule has 1 aromatic heterocycles.